The molecule has 4 heteroatoms. The third-order valence-electron chi connectivity index (χ3n) is 10.6. The Bertz CT molecular complexity index is 2830. The molecule has 1 aliphatic carbocycles. The SMILES string of the molecule is CC1(C)c2ccccc2-c2nc(-c3cccc(-c4cccc(-c5cccc6c5oc5ccccc56)c4)c3)nc(-c3cccc(-c4ccncc4)c3)c21. The van der Waals surface area contributed by atoms with Crippen LogP contribution in [-0.2, 0) is 5.41 Å². The van der Waals surface area contributed by atoms with Crippen LogP contribution in [-0.4, -0.2) is 15.0 Å². The Balaban J connectivity index is 1.11. The van der Waals surface area contributed by atoms with Gasteiger partial charge in [0.25, 0.3) is 0 Å². The van der Waals surface area contributed by atoms with E-state index in [1.165, 1.54) is 11.1 Å². The molecule has 0 spiro atoms. The smallest absolute Gasteiger partial charge is 0.160 e. The van der Waals surface area contributed by atoms with E-state index in [1.807, 2.05) is 36.7 Å². The van der Waals surface area contributed by atoms with Crippen LogP contribution in [0.5, 0.6) is 0 Å². The molecule has 0 N–H and O–H groups in total. The van der Waals surface area contributed by atoms with Gasteiger partial charge in [-0.25, -0.2) is 9.97 Å². The largest absolute Gasteiger partial charge is 0.455 e. The molecule has 0 amide bonds. The van der Waals surface area contributed by atoms with E-state index in [1.54, 1.807) is 0 Å². The molecule has 6 aromatic carbocycles. The first-order chi connectivity index (χ1) is 25.5. The number of para-hydroxylation sites is 2. The molecular weight excluding hydrogens is 635 g/mol. The fraction of sp³-hybridized carbons (Fsp3) is 0.0625. The van der Waals surface area contributed by atoms with E-state index < -0.39 is 0 Å². The van der Waals surface area contributed by atoms with Crippen LogP contribution in [0.1, 0.15) is 25.0 Å². The zero-order valence-electron chi connectivity index (χ0n) is 28.8. The number of hydrogen-bond acceptors (Lipinski definition) is 4. The van der Waals surface area contributed by atoms with Crippen molar-refractivity contribution < 1.29 is 4.42 Å². The summed E-state index contributed by atoms with van der Waals surface area (Å²) in [6.07, 6.45) is 3.67. The van der Waals surface area contributed by atoms with E-state index in [-0.39, 0.29) is 5.41 Å². The molecule has 0 saturated heterocycles. The fourth-order valence-electron chi connectivity index (χ4n) is 8.02. The minimum absolute atomic E-state index is 0.266. The highest BCUT2D eigenvalue weighted by atomic mass is 16.3. The number of rotatable bonds is 5. The maximum atomic E-state index is 6.40. The first kappa shape index (κ1) is 30.2. The van der Waals surface area contributed by atoms with Gasteiger partial charge in [0.05, 0.1) is 11.4 Å². The minimum Gasteiger partial charge on any atom is -0.455 e. The molecule has 0 unspecified atom stereocenters. The quantitative estimate of drug-likeness (QED) is 0.183. The van der Waals surface area contributed by atoms with Gasteiger partial charge in [0.1, 0.15) is 11.2 Å². The molecule has 0 atom stereocenters. The lowest BCUT2D eigenvalue weighted by Gasteiger charge is -2.24. The molecule has 0 aliphatic heterocycles. The van der Waals surface area contributed by atoms with Gasteiger partial charge in [0.2, 0.25) is 0 Å². The number of pyridine rings is 1. The average Bonchev–Trinajstić information content (AvgIpc) is 3.70. The summed E-state index contributed by atoms with van der Waals surface area (Å²) in [5.41, 5.74) is 15.8. The zero-order valence-corrected chi connectivity index (χ0v) is 28.8. The minimum atomic E-state index is -0.266. The highest BCUT2D eigenvalue weighted by molar-refractivity contribution is 6.09. The van der Waals surface area contributed by atoms with Gasteiger partial charge in [-0.3, -0.25) is 4.98 Å². The monoisotopic (exact) mass is 667 g/mol. The summed E-state index contributed by atoms with van der Waals surface area (Å²) in [6.45, 7) is 4.58. The summed E-state index contributed by atoms with van der Waals surface area (Å²) in [4.78, 5) is 15.0. The number of benzene rings is 6. The van der Waals surface area contributed by atoms with Gasteiger partial charge in [-0.2, -0.15) is 0 Å². The lowest BCUT2D eigenvalue weighted by Crippen LogP contribution is -2.17. The number of furan rings is 1. The van der Waals surface area contributed by atoms with Crippen molar-refractivity contribution in [2.24, 2.45) is 0 Å². The van der Waals surface area contributed by atoms with Crippen molar-refractivity contribution >= 4 is 21.9 Å². The zero-order chi connectivity index (χ0) is 34.8. The molecule has 0 bridgehead atoms. The Morgan fingerprint density at radius 1 is 0.462 bits per heavy atom. The second kappa shape index (κ2) is 11.7. The van der Waals surface area contributed by atoms with Crippen LogP contribution < -0.4 is 0 Å². The van der Waals surface area contributed by atoms with Crippen LogP contribution in [0.25, 0.3) is 89.2 Å². The lowest BCUT2D eigenvalue weighted by molar-refractivity contribution is 0.658. The molecule has 1 aliphatic rings. The summed E-state index contributed by atoms with van der Waals surface area (Å²) in [7, 11) is 0. The van der Waals surface area contributed by atoms with Gasteiger partial charge in [-0.15, -0.1) is 0 Å². The number of nitrogens with zero attached hydrogens (tertiary/aromatic N) is 3. The Morgan fingerprint density at radius 3 is 1.87 bits per heavy atom. The van der Waals surface area contributed by atoms with Crippen LogP contribution in [0.2, 0.25) is 0 Å². The molecule has 0 saturated carbocycles. The summed E-state index contributed by atoms with van der Waals surface area (Å²) in [5, 5.41) is 2.26. The normalized spacial score (nSPS) is 13.0. The van der Waals surface area contributed by atoms with Gasteiger partial charge >= 0.3 is 0 Å². The van der Waals surface area contributed by atoms with Crippen molar-refractivity contribution in [2.75, 3.05) is 0 Å². The molecule has 10 rings (SSSR count). The van der Waals surface area contributed by atoms with Crippen LogP contribution in [0.4, 0.5) is 0 Å². The Hall–Kier alpha value is -6.65. The average molecular weight is 668 g/mol. The van der Waals surface area contributed by atoms with Gasteiger partial charge < -0.3 is 4.42 Å². The molecule has 4 nitrogen and oxygen atoms in total. The highest BCUT2D eigenvalue weighted by Gasteiger charge is 2.40. The van der Waals surface area contributed by atoms with Gasteiger partial charge in [0.15, 0.2) is 5.82 Å². The van der Waals surface area contributed by atoms with E-state index in [2.05, 4.69) is 146 Å². The maximum Gasteiger partial charge on any atom is 0.160 e. The summed E-state index contributed by atoms with van der Waals surface area (Å²) in [5.74, 6) is 0.709. The summed E-state index contributed by atoms with van der Waals surface area (Å²) in [6, 6.07) is 53.3. The van der Waals surface area contributed by atoms with Crippen molar-refractivity contribution in [3.63, 3.8) is 0 Å². The van der Waals surface area contributed by atoms with E-state index in [9.17, 15) is 0 Å². The summed E-state index contributed by atoms with van der Waals surface area (Å²) >= 11 is 0. The van der Waals surface area contributed by atoms with E-state index in [4.69, 9.17) is 14.4 Å². The van der Waals surface area contributed by atoms with Gasteiger partial charge in [-0.1, -0.05) is 129 Å². The molecule has 3 heterocycles. The topological polar surface area (TPSA) is 51.8 Å². The van der Waals surface area contributed by atoms with E-state index >= 15 is 0 Å². The Kier molecular flexibility index (Phi) is 6.80. The first-order valence-corrected chi connectivity index (χ1v) is 17.7. The lowest BCUT2D eigenvalue weighted by atomic mass is 9.80. The fourth-order valence-corrected chi connectivity index (χ4v) is 8.02. The third kappa shape index (κ3) is 4.79. The number of aromatic nitrogens is 3. The van der Waals surface area contributed by atoms with Crippen molar-refractivity contribution in [1.29, 1.82) is 0 Å². The summed E-state index contributed by atoms with van der Waals surface area (Å²) < 4.78 is 6.40. The highest BCUT2D eigenvalue weighted by Crippen LogP contribution is 2.51. The third-order valence-corrected chi connectivity index (χ3v) is 10.6. The van der Waals surface area contributed by atoms with Crippen LogP contribution in [0.3, 0.4) is 0 Å². The van der Waals surface area contributed by atoms with Crippen molar-refractivity contribution in [1.82, 2.24) is 15.0 Å². The second-order valence-corrected chi connectivity index (χ2v) is 14.0. The van der Waals surface area contributed by atoms with Crippen LogP contribution in [0, 0.1) is 0 Å². The first-order valence-electron chi connectivity index (χ1n) is 17.7. The standard InChI is InChI=1S/C48H33N3O/c1-48(2)41-21-5-3-18-40(41)45-43(48)44(35-15-8-11-31(28-35)30-23-25-49-26-24-30)50-47(51-45)36-16-9-13-33(29-36)32-12-7-14-34(27-32)37-19-10-20-39-38-17-4-6-22-42(38)52-46(37)39/h3-29H,1-2H3. The van der Waals surface area contributed by atoms with E-state index in [0.29, 0.717) is 5.82 Å². The van der Waals surface area contributed by atoms with Crippen LogP contribution in [0.15, 0.2) is 168 Å². The van der Waals surface area contributed by atoms with Crippen molar-refractivity contribution in [2.45, 2.75) is 19.3 Å². The molecule has 52 heavy (non-hydrogen) atoms. The molecule has 246 valence electrons. The molecule has 9 aromatic rings. The van der Waals surface area contributed by atoms with Crippen LogP contribution >= 0.6 is 0 Å². The van der Waals surface area contributed by atoms with Gasteiger partial charge in [-0.05, 0) is 69.8 Å². The molecule has 0 fully saturated rings. The number of hydrogen-bond donors (Lipinski definition) is 0. The Labute approximate surface area is 302 Å². The van der Waals surface area contributed by atoms with Gasteiger partial charge in [0, 0.05) is 56.4 Å². The molecule has 3 aromatic heterocycles. The second-order valence-electron chi connectivity index (χ2n) is 14.0. The molecular formula is C48H33N3O. The number of fused-ring (bicyclic) bond motifs is 6. The predicted octanol–water partition coefficient (Wildman–Crippen LogP) is 12.4. The van der Waals surface area contributed by atoms with E-state index in [0.717, 1.165) is 83.4 Å². The Morgan fingerprint density at radius 2 is 1.04 bits per heavy atom. The predicted molar refractivity (Wildman–Crippen MR) is 212 cm³/mol. The van der Waals surface area contributed by atoms with Crippen molar-refractivity contribution in [3.05, 3.63) is 175 Å². The van der Waals surface area contributed by atoms with Crippen molar-refractivity contribution in [3.8, 4) is 67.3 Å². The maximum absolute atomic E-state index is 6.40. The molecule has 0 radical (unpaired) electrons.